The van der Waals surface area contributed by atoms with Gasteiger partial charge in [0.05, 0.1) is 6.10 Å². The number of hydrogen-bond donors (Lipinski definition) is 0. The molecule has 0 aliphatic heterocycles. The van der Waals surface area contributed by atoms with E-state index in [1.165, 1.54) is 19.3 Å². The SMILES string of the molecule is CCCCCC(CC(C)=O)O[Si](C)(C)C. The summed E-state index contributed by atoms with van der Waals surface area (Å²) in [7, 11) is -1.50. The first-order valence-electron chi connectivity index (χ1n) is 6.02. The second kappa shape index (κ2) is 7.18. The summed E-state index contributed by atoms with van der Waals surface area (Å²) in [5.41, 5.74) is 0. The Labute approximate surface area is 95.5 Å². The van der Waals surface area contributed by atoms with E-state index in [2.05, 4.69) is 26.6 Å². The Morgan fingerprint density at radius 1 is 1.27 bits per heavy atom. The highest BCUT2D eigenvalue weighted by molar-refractivity contribution is 6.69. The van der Waals surface area contributed by atoms with Gasteiger partial charge in [0.2, 0.25) is 0 Å². The lowest BCUT2D eigenvalue weighted by Crippen LogP contribution is -2.33. The molecule has 1 atom stereocenters. The van der Waals surface area contributed by atoms with Crippen molar-refractivity contribution in [2.45, 2.75) is 71.7 Å². The van der Waals surface area contributed by atoms with E-state index in [1.807, 2.05) is 0 Å². The minimum Gasteiger partial charge on any atom is -0.414 e. The fourth-order valence-electron chi connectivity index (χ4n) is 1.65. The van der Waals surface area contributed by atoms with Crippen molar-refractivity contribution in [1.29, 1.82) is 0 Å². The molecule has 0 saturated carbocycles. The molecule has 0 fully saturated rings. The van der Waals surface area contributed by atoms with Crippen molar-refractivity contribution in [2.24, 2.45) is 0 Å². The van der Waals surface area contributed by atoms with E-state index < -0.39 is 8.32 Å². The largest absolute Gasteiger partial charge is 0.414 e. The molecule has 90 valence electrons. The van der Waals surface area contributed by atoms with Crippen LogP contribution in [-0.2, 0) is 9.22 Å². The molecule has 0 N–H and O–H groups in total. The average molecular weight is 230 g/mol. The van der Waals surface area contributed by atoms with Crippen molar-refractivity contribution >= 4 is 14.1 Å². The Balaban J connectivity index is 4.01. The van der Waals surface area contributed by atoms with Crippen LogP contribution in [0.1, 0.15) is 46.0 Å². The number of carbonyl (C=O) groups is 1. The Hall–Kier alpha value is -0.153. The molecule has 0 rings (SSSR count). The number of rotatable bonds is 8. The summed E-state index contributed by atoms with van der Waals surface area (Å²) in [5.74, 6) is 0.245. The van der Waals surface area contributed by atoms with Gasteiger partial charge in [-0.15, -0.1) is 0 Å². The Morgan fingerprint density at radius 2 is 1.87 bits per heavy atom. The van der Waals surface area contributed by atoms with Crippen LogP contribution in [0.15, 0.2) is 0 Å². The lowest BCUT2D eigenvalue weighted by atomic mass is 10.1. The van der Waals surface area contributed by atoms with Gasteiger partial charge in [0, 0.05) is 6.42 Å². The van der Waals surface area contributed by atoms with E-state index in [1.54, 1.807) is 6.92 Å². The fraction of sp³-hybridized carbons (Fsp3) is 0.917. The summed E-state index contributed by atoms with van der Waals surface area (Å²) in [6.45, 7) is 10.4. The normalized spacial score (nSPS) is 13.9. The van der Waals surface area contributed by atoms with Crippen molar-refractivity contribution < 1.29 is 9.22 Å². The van der Waals surface area contributed by atoms with Gasteiger partial charge in [-0.05, 0) is 33.0 Å². The third-order valence-corrected chi connectivity index (χ3v) is 3.21. The molecule has 0 aromatic rings. The van der Waals surface area contributed by atoms with Crippen LogP contribution >= 0.6 is 0 Å². The quantitative estimate of drug-likeness (QED) is 0.469. The van der Waals surface area contributed by atoms with Gasteiger partial charge in [0.15, 0.2) is 8.32 Å². The van der Waals surface area contributed by atoms with Gasteiger partial charge in [-0.3, -0.25) is 4.79 Å². The first-order chi connectivity index (χ1) is 6.85. The van der Waals surface area contributed by atoms with Crippen LogP contribution in [-0.4, -0.2) is 20.2 Å². The van der Waals surface area contributed by atoms with Crippen molar-refractivity contribution in [2.75, 3.05) is 0 Å². The molecule has 1 unspecified atom stereocenters. The summed E-state index contributed by atoms with van der Waals surface area (Å²) in [6, 6.07) is 0. The van der Waals surface area contributed by atoms with Crippen molar-refractivity contribution in [3.05, 3.63) is 0 Å². The molecule has 0 heterocycles. The second-order valence-electron chi connectivity index (χ2n) is 5.25. The minimum atomic E-state index is -1.50. The van der Waals surface area contributed by atoms with E-state index in [0.29, 0.717) is 6.42 Å². The third-order valence-electron chi connectivity index (χ3n) is 2.17. The maximum atomic E-state index is 11.1. The second-order valence-corrected chi connectivity index (χ2v) is 9.71. The number of unbranched alkanes of at least 4 members (excludes halogenated alkanes) is 2. The molecule has 2 nitrogen and oxygen atoms in total. The van der Waals surface area contributed by atoms with E-state index in [0.717, 1.165) is 6.42 Å². The molecular weight excluding hydrogens is 204 g/mol. The molecule has 0 aromatic carbocycles. The molecule has 15 heavy (non-hydrogen) atoms. The highest BCUT2D eigenvalue weighted by atomic mass is 28.4. The lowest BCUT2D eigenvalue weighted by Gasteiger charge is -2.25. The van der Waals surface area contributed by atoms with Crippen LogP contribution in [0.2, 0.25) is 19.6 Å². The van der Waals surface area contributed by atoms with E-state index in [4.69, 9.17) is 4.43 Å². The maximum absolute atomic E-state index is 11.1. The van der Waals surface area contributed by atoms with Gasteiger partial charge >= 0.3 is 0 Å². The Kier molecular flexibility index (Phi) is 7.10. The van der Waals surface area contributed by atoms with E-state index in [9.17, 15) is 4.79 Å². The molecule has 0 saturated heterocycles. The van der Waals surface area contributed by atoms with Crippen molar-refractivity contribution in [1.82, 2.24) is 0 Å². The minimum absolute atomic E-state index is 0.167. The summed E-state index contributed by atoms with van der Waals surface area (Å²) in [4.78, 5) is 11.1. The summed E-state index contributed by atoms with van der Waals surface area (Å²) in [5, 5.41) is 0. The van der Waals surface area contributed by atoms with Crippen LogP contribution in [0.3, 0.4) is 0 Å². The molecule has 0 radical (unpaired) electrons. The summed E-state index contributed by atoms with van der Waals surface area (Å²) in [6.07, 6.45) is 5.44. The zero-order valence-corrected chi connectivity index (χ0v) is 11.9. The standard InChI is InChI=1S/C12H26O2Si/c1-6-7-8-9-12(10-11(2)13)14-15(3,4)5/h12H,6-10H2,1-5H3. The zero-order chi connectivity index (χ0) is 11.9. The molecular formula is C12H26O2Si. The first-order valence-corrected chi connectivity index (χ1v) is 9.43. The Morgan fingerprint density at radius 3 is 2.27 bits per heavy atom. The van der Waals surface area contributed by atoms with Crippen LogP contribution in [0.25, 0.3) is 0 Å². The molecule has 0 amide bonds. The van der Waals surface area contributed by atoms with Crippen LogP contribution in [0.5, 0.6) is 0 Å². The highest BCUT2D eigenvalue weighted by Gasteiger charge is 2.21. The number of carbonyl (C=O) groups excluding carboxylic acids is 1. The smallest absolute Gasteiger partial charge is 0.184 e. The highest BCUT2D eigenvalue weighted by Crippen LogP contribution is 2.16. The van der Waals surface area contributed by atoms with Crippen LogP contribution < -0.4 is 0 Å². The summed E-state index contributed by atoms with van der Waals surface area (Å²) < 4.78 is 6.01. The summed E-state index contributed by atoms with van der Waals surface area (Å²) >= 11 is 0. The predicted molar refractivity (Wildman–Crippen MR) is 67.7 cm³/mol. The zero-order valence-electron chi connectivity index (χ0n) is 10.9. The molecule has 0 bridgehead atoms. The lowest BCUT2D eigenvalue weighted by molar-refractivity contribution is -0.118. The monoisotopic (exact) mass is 230 g/mol. The van der Waals surface area contributed by atoms with Crippen LogP contribution in [0, 0.1) is 0 Å². The van der Waals surface area contributed by atoms with Gasteiger partial charge in [-0.2, -0.15) is 0 Å². The molecule has 3 heteroatoms. The predicted octanol–water partition coefficient (Wildman–Crippen LogP) is 3.77. The average Bonchev–Trinajstić information content (AvgIpc) is 2.00. The topological polar surface area (TPSA) is 26.3 Å². The van der Waals surface area contributed by atoms with E-state index >= 15 is 0 Å². The fourth-order valence-corrected chi connectivity index (χ4v) is 2.85. The molecule has 0 aliphatic carbocycles. The van der Waals surface area contributed by atoms with Gasteiger partial charge in [0.1, 0.15) is 5.78 Å². The molecule has 0 spiro atoms. The van der Waals surface area contributed by atoms with Gasteiger partial charge in [-0.25, -0.2) is 0 Å². The third kappa shape index (κ3) is 10.1. The molecule has 0 aliphatic rings. The number of hydrogen-bond acceptors (Lipinski definition) is 2. The van der Waals surface area contributed by atoms with Crippen molar-refractivity contribution in [3.8, 4) is 0 Å². The Bertz CT molecular complexity index is 185. The van der Waals surface area contributed by atoms with Crippen LogP contribution in [0.4, 0.5) is 0 Å². The van der Waals surface area contributed by atoms with Crippen molar-refractivity contribution in [3.63, 3.8) is 0 Å². The number of ketones is 1. The van der Waals surface area contributed by atoms with Gasteiger partial charge < -0.3 is 4.43 Å². The first kappa shape index (κ1) is 14.8. The molecule has 0 aromatic heterocycles. The van der Waals surface area contributed by atoms with Gasteiger partial charge in [0.25, 0.3) is 0 Å². The van der Waals surface area contributed by atoms with E-state index in [-0.39, 0.29) is 11.9 Å². The maximum Gasteiger partial charge on any atom is 0.184 e. The number of Topliss-reactive ketones (excluding diaryl/α,β-unsaturated/α-hetero) is 1. The van der Waals surface area contributed by atoms with Gasteiger partial charge in [-0.1, -0.05) is 26.2 Å².